The van der Waals surface area contributed by atoms with Crippen molar-refractivity contribution in [3.8, 4) is 17.8 Å². The molecule has 6 rings (SSSR count). The van der Waals surface area contributed by atoms with Crippen molar-refractivity contribution in [3.63, 3.8) is 0 Å². The Morgan fingerprint density at radius 1 is 1.02 bits per heavy atom. The maximum absolute atomic E-state index is 12.3. The van der Waals surface area contributed by atoms with Crippen molar-refractivity contribution in [1.82, 2.24) is 0 Å². The molecule has 0 radical (unpaired) electrons. The predicted molar refractivity (Wildman–Crippen MR) is 183 cm³/mol. The summed E-state index contributed by atoms with van der Waals surface area (Å²) in [5, 5.41) is 76.9. The second-order valence-electron chi connectivity index (χ2n) is 14.2. The van der Waals surface area contributed by atoms with Crippen LogP contribution in [0.3, 0.4) is 0 Å². The van der Waals surface area contributed by atoms with Crippen LogP contribution in [0, 0.1) is 23.9 Å². The molecule has 1 saturated heterocycles. The number of hydrogen-bond acceptors (Lipinski definition) is 10. The van der Waals surface area contributed by atoms with Gasteiger partial charge in [0.05, 0.1) is 17.3 Å². The van der Waals surface area contributed by atoms with Crippen LogP contribution in [0.4, 0.5) is 0 Å². The SMILES string of the molecule is C=CCc1ccc(O[C@@H]2O[C@H]3C(O)[C@H](O)[C@@]2(O)CC(CC[C@@]2(O)CC[C@H](Cc4ccc(C(=O)O)cc4)C2)C(O)CC#CO[C@H]3CCCO)cc1. The molecule has 0 spiro atoms. The van der Waals surface area contributed by atoms with E-state index in [1.807, 2.05) is 12.1 Å². The van der Waals surface area contributed by atoms with Gasteiger partial charge >= 0.3 is 5.97 Å². The first-order valence-corrected chi connectivity index (χ1v) is 17.5. The molecule has 0 aromatic heterocycles. The number of benzene rings is 2. The lowest BCUT2D eigenvalue weighted by molar-refractivity contribution is -0.333. The molecule has 10 atom stereocenters. The summed E-state index contributed by atoms with van der Waals surface area (Å²) >= 11 is 0. The van der Waals surface area contributed by atoms with E-state index in [-0.39, 0.29) is 43.8 Å². The van der Waals surface area contributed by atoms with Gasteiger partial charge in [0.1, 0.15) is 36.3 Å². The molecule has 3 unspecified atom stereocenters. The van der Waals surface area contributed by atoms with Gasteiger partial charge in [-0.25, -0.2) is 4.79 Å². The number of carbonyl (C=O) groups is 1. The van der Waals surface area contributed by atoms with Gasteiger partial charge in [0.25, 0.3) is 0 Å². The topological polar surface area (TPSA) is 186 Å². The lowest BCUT2D eigenvalue weighted by atomic mass is 9.74. The predicted octanol–water partition coefficient (Wildman–Crippen LogP) is 3.11. The molecular weight excluding hydrogens is 644 g/mol. The van der Waals surface area contributed by atoms with Crippen molar-refractivity contribution < 1.29 is 54.8 Å². The van der Waals surface area contributed by atoms with Crippen LogP contribution in [0.5, 0.6) is 5.75 Å². The highest BCUT2D eigenvalue weighted by Crippen LogP contribution is 2.44. The lowest BCUT2D eigenvalue weighted by Crippen LogP contribution is -2.70. The molecule has 1 saturated carbocycles. The molecule has 7 N–H and O–H groups in total. The zero-order valence-corrected chi connectivity index (χ0v) is 28.3. The Balaban J connectivity index is 1.36. The Labute approximate surface area is 293 Å². The van der Waals surface area contributed by atoms with Gasteiger partial charge in [0, 0.05) is 13.0 Å². The molecule has 1 aliphatic carbocycles. The third-order valence-corrected chi connectivity index (χ3v) is 10.5. The fraction of sp³-hybridized carbons (Fsp3) is 0.564. The van der Waals surface area contributed by atoms with Crippen LogP contribution in [0.2, 0.25) is 0 Å². The molecule has 0 amide bonds. The molecule has 11 heteroatoms. The number of carboxylic acids is 1. The highest BCUT2D eigenvalue weighted by molar-refractivity contribution is 5.87. The highest BCUT2D eigenvalue weighted by Gasteiger charge is 2.59. The van der Waals surface area contributed by atoms with Gasteiger partial charge in [0.2, 0.25) is 6.29 Å². The monoisotopic (exact) mass is 694 g/mol. The molecule has 4 aliphatic rings. The van der Waals surface area contributed by atoms with Gasteiger partial charge in [-0.05, 0) is 111 Å². The smallest absolute Gasteiger partial charge is 0.335 e. The maximum atomic E-state index is 12.3. The van der Waals surface area contributed by atoms with Gasteiger partial charge in [-0.15, -0.1) is 6.58 Å². The van der Waals surface area contributed by atoms with E-state index in [4.69, 9.17) is 14.2 Å². The van der Waals surface area contributed by atoms with Gasteiger partial charge in [-0.2, -0.15) is 0 Å². The van der Waals surface area contributed by atoms with Crippen LogP contribution < -0.4 is 4.74 Å². The summed E-state index contributed by atoms with van der Waals surface area (Å²) in [7, 11) is 0. The van der Waals surface area contributed by atoms with Crippen molar-refractivity contribution in [1.29, 1.82) is 0 Å². The van der Waals surface area contributed by atoms with E-state index in [2.05, 4.69) is 18.6 Å². The summed E-state index contributed by atoms with van der Waals surface area (Å²) in [5.41, 5.74) is -1.01. The fourth-order valence-electron chi connectivity index (χ4n) is 7.65. The minimum Gasteiger partial charge on any atom is -0.478 e. The lowest BCUT2D eigenvalue weighted by Gasteiger charge is -2.50. The summed E-state index contributed by atoms with van der Waals surface area (Å²) in [6, 6.07) is 13.9. The molecule has 3 heterocycles. The maximum Gasteiger partial charge on any atom is 0.335 e. The number of aliphatic hydroxyl groups excluding tert-OH is 4. The standard InChI is InChI=1S/C39H50O11/c1-2-5-25-10-14-30(15-11-25)49-37-39(47)24-29(31(41)6-4-21-48-32(7-3-20-40)34(50-37)33(42)35(39)43)17-19-38(46)18-16-27(23-38)22-26-8-12-28(13-9-26)36(44)45/h2,8-15,27,29,31-35,37,40-43,46-47H,1,3,5-7,16-20,22-24H2,(H,44,45)/t27-,29?,31?,32+,33?,34-,35+,37-,38+,39+/m1/s1. The van der Waals surface area contributed by atoms with Crippen LogP contribution in [0.15, 0.2) is 61.2 Å². The average Bonchev–Trinajstić information content (AvgIpc) is 3.47. The van der Waals surface area contributed by atoms with Gasteiger partial charge in [0.15, 0.2) is 5.60 Å². The van der Waals surface area contributed by atoms with Crippen molar-refractivity contribution in [2.75, 3.05) is 6.61 Å². The molecule has 2 bridgehead atoms. The number of fused-ring (bicyclic) bond motifs is 8. The van der Waals surface area contributed by atoms with E-state index in [1.165, 1.54) is 0 Å². The highest BCUT2D eigenvalue weighted by atomic mass is 16.7. The summed E-state index contributed by atoms with van der Waals surface area (Å²) in [6.07, 6.45) is 0.487. The normalized spacial score (nSPS) is 34.0. The Hall–Kier alpha value is -3.47. The van der Waals surface area contributed by atoms with Crippen LogP contribution >= 0.6 is 0 Å². The van der Waals surface area contributed by atoms with Crippen LogP contribution in [-0.4, -0.2) is 96.3 Å². The molecular formula is C39H50O11. The second-order valence-corrected chi connectivity index (χ2v) is 14.2. The fourth-order valence-corrected chi connectivity index (χ4v) is 7.65. The second kappa shape index (κ2) is 16.7. The zero-order chi connectivity index (χ0) is 35.9. The van der Waals surface area contributed by atoms with Crippen LogP contribution in [-0.2, 0) is 22.3 Å². The largest absolute Gasteiger partial charge is 0.478 e. The summed E-state index contributed by atoms with van der Waals surface area (Å²) in [5.74, 6) is 1.69. The van der Waals surface area contributed by atoms with Crippen LogP contribution in [0.1, 0.15) is 79.3 Å². The van der Waals surface area contributed by atoms with Gasteiger partial charge in [-0.1, -0.05) is 36.3 Å². The first-order chi connectivity index (χ1) is 23.9. The molecule has 3 aliphatic heterocycles. The molecule has 272 valence electrons. The number of aliphatic hydroxyl groups is 6. The number of allylic oxidation sites excluding steroid dienone is 1. The number of hydrogen-bond donors (Lipinski definition) is 7. The first-order valence-electron chi connectivity index (χ1n) is 17.5. The zero-order valence-electron chi connectivity index (χ0n) is 28.3. The molecule has 2 aromatic rings. The minimum atomic E-state index is -2.18. The summed E-state index contributed by atoms with van der Waals surface area (Å²) in [6.45, 7) is 3.62. The third kappa shape index (κ3) is 9.06. The van der Waals surface area contributed by atoms with E-state index >= 15 is 0 Å². The van der Waals surface area contributed by atoms with E-state index in [1.54, 1.807) is 42.5 Å². The van der Waals surface area contributed by atoms with Crippen molar-refractivity contribution in [3.05, 3.63) is 77.9 Å². The Morgan fingerprint density at radius 2 is 1.74 bits per heavy atom. The Bertz CT molecular complexity index is 1480. The van der Waals surface area contributed by atoms with E-state index in [9.17, 15) is 40.5 Å². The van der Waals surface area contributed by atoms with Crippen LogP contribution in [0.25, 0.3) is 0 Å². The summed E-state index contributed by atoms with van der Waals surface area (Å²) in [4.78, 5) is 11.2. The Morgan fingerprint density at radius 3 is 2.42 bits per heavy atom. The van der Waals surface area contributed by atoms with E-state index < -0.39 is 59.9 Å². The minimum absolute atomic E-state index is 0.00131. The number of rotatable bonds is 13. The average molecular weight is 695 g/mol. The van der Waals surface area contributed by atoms with E-state index in [0.717, 1.165) is 17.5 Å². The first kappa shape index (κ1) is 37.8. The van der Waals surface area contributed by atoms with Gasteiger partial charge in [-0.3, -0.25) is 0 Å². The molecule has 2 fully saturated rings. The van der Waals surface area contributed by atoms with Gasteiger partial charge < -0.3 is 50.0 Å². The van der Waals surface area contributed by atoms with E-state index in [0.29, 0.717) is 44.3 Å². The van der Waals surface area contributed by atoms with Crippen molar-refractivity contribution in [2.45, 2.75) is 119 Å². The molecule has 50 heavy (non-hydrogen) atoms. The number of ether oxygens (including phenoxy) is 3. The quantitative estimate of drug-likeness (QED) is 0.121. The van der Waals surface area contributed by atoms with Crippen molar-refractivity contribution in [2.24, 2.45) is 11.8 Å². The van der Waals surface area contributed by atoms with Crippen molar-refractivity contribution >= 4 is 5.97 Å². The Kier molecular flexibility index (Phi) is 12.6. The molecule has 2 aromatic carbocycles. The number of carboxylic acid groups (broad SMARTS) is 1. The summed E-state index contributed by atoms with van der Waals surface area (Å²) < 4.78 is 18.2. The third-order valence-electron chi connectivity index (χ3n) is 10.5. The molecule has 11 nitrogen and oxygen atoms in total. The number of aromatic carboxylic acids is 1.